The zero-order valence-electron chi connectivity index (χ0n) is 9.16. The van der Waals surface area contributed by atoms with Gasteiger partial charge in [-0.2, -0.15) is 0 Å². The van der Waals surface area contributed by atoms with E-state index < -0.39 is 0 Å². The molecule has 2 aromatic rings. The number of para-hydroxylation sites is 1. The largest absolute Gasteiger partial charge is 0.508 e. The molecule has 0 saturated carbocycles. The van der Waals surface area contributed by atoms with Gasteiger partial charge in [-0.15, -0.1) is 0 Å². The summed E-state index contributed by atoms with van der Waals surface area (Å²) < 4.78 is 2.06. The topological polar surface area (TPSA) is 24.1 Å². The lowest BCUT2D eigenvalue weighted by Crippen LogP contribution is -2.30. The molecule has 1 N–H and O–H groups in total. The van der Waals surface area contributed by atoms with Crippen molar-refractivity contribution < 1.29 is 9.67 Å². The Bertz CT molecular complexity index is 398. The van der Waals surface area contributed by atoms with E-state index in [1.807, 2.05) is 42.7 Å². The van der Waals surface area contributed by atoms with Gasteiger partial charge in [-0.3, -0.25) is 0 Å². The molecule has 0 bridgehead atoms. The summed E-state index contributed by atoms with van der Waals surface area (Å²) in [6.45, 7) is 4.52. The first-order chi connectivity index (χ1) is 7.83. The normalized spacial score (nSPS) is 8.75. The molecule has 1 aromatic heterocycles. The summed E-state index contributed by atoms with van der Waals surface area (Å²) in [6.07, 6.45) is 5.91. The Balaban J connectivity index is 0.000000165. The lowest BCUT2D eigenvalue weighted by atomic mass is 10.3. The van der Waals surface area contributed by atoms with Crippen LogP contribution < -0.4 is 4.57 Å². The van der Waals surface area contributed by atoms with Gasteiger partial charge in [0.1, 0.15) is 5.75 Å². The number of rotatable bonds is 2. The van der Waals surface area contributed by atoms with Crippen LogP contribution in [0, 0.1) is 0 Å². The maximum atomic E-state index is 8.63. The van der Waals surface area contributed by atoms with Gasteiger partial charge in [-0.25, -0.2) is 4.57 Å². The Labute approximate surface area is 96.1 Å². The number of aromatic nitrogens is 1. The number of pyridine rings is 1. The second kappa shape index (κ2) is 7.23. The second-order valence-corrected chi connectivity index (χ2v) is 3.20. The Kier molecular flexibility index (Phi) is 5.42. The van der Waals surface area contributed by atoms with Crippen LogP contribution >= 0.6 is 0 Å². The summed E-state index contributed by atoms with van der Waals surface area (Å²) in [5.74, 6) is 0.322. The Morgan fingerprint density at radius 3 is 2.00 bits per heavy atom. The number of hydrogen-bond acceptors (Lipinski definition) is 1. The average Bonchev–Trinajstić information content (AvgIpc) is 2.33. The molecular formula is C14H16NO+. The summed E-state index contributed by atoms with van der Waals surface area (Å²) in [6, 6.07) is 14.7. The van der Waals surface area contributed by atoms with Crippen molar-refractivity contribution in [3.63, 3.8) is 0 Å². The highest BCUT2D eigenvalue weighted by atomic mass is 16.3. The van der Waals surface area contributed by atoms with Crippen molar-refractivity contribution >= 4 is 0 Å². The van der Waals surface area contributed by atoms with Gasteiger partial charge >= 0.3 is 0 Å². The van der Waals surface area contributed by atoms with E-state index in [0.29, 0.717) is 5.75 Å². The van der Waals surface area contributed by atoms with Crippen LogP contribution in [-0.4, -0.2) is 5.11 Å². The van der Waals surface area contributed by atoms with E-state index in [1.54, 1.807) is 24.3 Å². The molecule has 0 amide bonds. The molecule has 0 spiro atoms. The molecule has 0 radical (unpaired) electrons. The van der Waals surface area contributed by atoms with Crippen molar-refractivity contribution in [1.29, 1.82) is 0 Å². The summed E-state index contributed by atoms with van der Waals surface area (Å²) >= 11 is 0. The van der Waals surface area contributed by atoms with Crippen molar-refractivity contribution in [3.05, 3.63) is 73.6 Å². The highest BCUT2D eigenvalue weighted by Crippen LogP contribution is 2.02. The van der Waals surface area contributed by atoms with E-state index in [0.717, 1.165) is 6.54 Å². The van der Waals surface area contributed by atoms with Crippen LogP contribution in [0.25, 0.3) is 0 Å². The van der Waals surface area contributed by atoms with E-state index in [-0.39, 0.29) is 0 Å². The number of benzene rings is 1. The highest BCUT2D eigenvalue weighted by molar-refractivity contribution is 5.18. The molecule has 0 fully saturated rings. The Morgan fingerprint density at radius 2 is 1.56 bits per heavy atom. The molecule has 0 aliphatic rings. The van der Waals surface area contributed by atoms with E-state index in [1.165, 1.54) is 0 Å². The number of hydrogen-bond donors (Lipinski definition) is 1. The van der Waals surface area contributed by atoms with Crippen LogP contribution in [0.5, 0.6) is 5.75 Å². The fraction of sp³-hybridized carbons (Fsp3) is 0.0714. The third-order valence-corrected chi connectivity index (χ3v) is 1.87. The molecule has 0 aliphatic heterocycles. The van der Waals surface area contributed by atoms with Crippen LogP contribution in [0.2, 0.25) is 0 Å². The predicted octanol–water partition coefficient (Wildman–Crippen LogP) is 2.55. The SMILES string of the molecule is C=CC[n+]1ccccc1.Oc1ccccc1. The summed E-state index contributed by atoms with van der Waals surface area (Å²) in [5, 5.41) is 8.63. The first-order valence-electron chi connectivity index (χ1n) is 5.12. The molecule has 0 saturated heterocycles. The van der Waals surface area contributed by atoms with Gasteiger partial charge < -0.3 is 5.11 Å². The van der Waals surface area contributed by atoms with E-state index >= 15 is 0 Å². The van der Waals surface area contributed by atoms with Crippen molar-refractivity contribution in [3.8, 4) is 5.75 Å². The number of allylic oxidation sites excluding steroid dienone is 1. The third kappa shape index (κ3) is 4.96. The first kappa shape index (κ1) is 12.0. The van der Waals surface area contributed by atoms with Gasteiger partial charge in [-0.1, -0.05) is 30.8 Å². The fourth-order valence-corrected chi connectivity index (χ4v) is 1.13. The number of phenols is 1. The molecular weight excluding hydrogens is 198 g/mol. The molecule has 0 unspecified atom stereocenters. The van der Waals surface area contributed by atoms with Gasteiger partial charge in [0.2, 0.25) is 0 Å². The molecule has 2 heteroatoms. The average molecular weight is 214 g/mol. The second-order valence-electron chi connectivity index (χ2n) is 3.20. The highest BCUT2D eigenvalue weighted by Gasteiger charge is 1.88. The van der Waals surface area contributed by atoms with E-state index in [4.69, 9.17) is 5.11 Å². The molecule has 1 heterocycles. The van der Waals surface area contributed by atoms with Gasteiger partial charge in [0.05, 0.1) is 0 Å². The molecule has 82 valence electrons. The fourth-order valence-electron chi connectivity index (χ4n) is 1.13. The maximum absolute atomic E-state index is 8.63. The number of phenolic OH excluding ortho intramolecular Hbond substituents is 1. The zero-order chi connectivity index (χ0) is 11.6. The van der Waals surface area contributed by atoms with Gasteiger partial charge in [0, 0.05) is 12.1 Å². The monoisotopic (exact) mass is 214 g/mol. The summed E-state index contributed by atoms with van der Waals surface area (Å²) in [5.41, 5.74) is 0. The minimum Gasteiger partial charge on any atom is -0.508 e. The van der Waals surface area contributed by atoms with E-state index in [2.05, 4.69) is 11.1 Å². The minimum absolute atomic E-state index is 0.322. The molecule has 2 nitrogen and oxygen atoms in total. The lowest BCUT2D eigenvalue weighted by molar-refractivity contribution is -0.687. The van der Waals surface area contributed by atoms with Crippen molar-refractivity contribution in [2.45, 2.75) is 6.54 Å². The molecule has 2 rings (SSSR count). The standard InChI is InChI=1S/C8H10N.C6H6O/c1-2-6-9-7-4-3-5-8-9;7-6-4-2-1-3-5-6/h2-5,7-8H,1,6H2;1-5,7H/q+1;. The Morgan fingerprint density at radius 1 is 1.00 bits per heavy atom. The third-order valence-electron chi connectivity index (χ3n) is 1.87. The predicted molar refractivity (Wildman–Crippen MR) is 64.9 cm³/mol. The zero-order valence-corrected chi connectivity index (χ0v) is 9.16. The van der Waals surface area contributed by atoms with Crippen LogP contribution in [0.15, 0.2) is 73.6 Å². The molecule has 0 atom stereocenters. The van der Waals surface area contributed by atoms with Crippen LogP contribution in [0.1, 0.15) is 0 Å². The quantitative estimate of drug-likeness (QED) is 0.603. The van der Waals surface area contributed by atoms with Gasteiger partial charge in [0.15, 0.2) is 18.9 Å². The molecule has 16 heavy (non-hydrogen) atoms. The molecule has 1 aromatic carbocycles. The Hall–Kier alpha value is -2.09. The lowest BCUT2D eigenvalue weighted by Gasteiger charge is -1.86. The van der Waals surface area contributed by atoms with Crippen molar-refractivity contribution in [2.24, 2.45) is 0 Å². The summed E-state index contributed by atoms with van der Waals surface area (Å²) in [7, 11) is 0. The van der Waals surface area contributed by atoms with Crippen molar-refractivity contribution in [2.75, 3.05) is 0 Å². The minimum atomic E-state index is 0.322. The smallest absolute Gasteiger partial charge is 0.169 e. The van der Waals surface area contributed by atoms with E-state index in [9.17, 15) is 0 Å². The van der Waals surface area contributed by atoms with Crippen LogP contribution in [0.3, 0.4) is 0 Å². The van der Waals surface area contributed by atoms with Gasteiger partial charge in [-0.05, 0) is 18.2 Å². The summed E-state index contributed by atoms with van der Waals surface area (Å²) in [4.78, 5) is 0. The van der Waals surface area contributed by atoms with Crippen molar-refractivity contribution in [1.82, 2.24) is 0 Å². The number of aromatic hydroxyl groups is 1. The number of nitrogens with zero attached hydrogens (tertiary/aromatic N) is 1. The maximum Gasteiger partial charge on any atom is 0.169 e. The molecule has 0 aliphatic carbocycles. The van der Waals surface area contributed by atoms with Crippen LogP contribution in [0.4, 0.5) is 0 Å². The van der Waals surface area contributed by atoms with Gasteiger partial charge in [0.25, 0.3) is 0 Å². The van der Waals surface area contributed by atoms with Crippen LogP contribution in [-0.2, 0) is 6.54 Å². The first-order valence-corrected chi connectivity index (χ1v) is 5.12.